The first-order chi connectivity index (χ1) is 26.4. The third kappa shape index (κ3) is 12.3. The second kappa shape index (κ2) is 20.7. The highest BCUT2D eigenvalue weighted by Crippen LogP contribution is 2.31. The van der Waals surface area contributed by atoms with E-state index in [0.29, 0.717) is 49.9 Å². The molecule has 0 atom stereocenters. The topological polar surface area (TPSA) is 84.0 Å². The SMILES string of the molecule is CCCCN(C(=O)c1ccc(SC)cc1)c1cc(C)ccc1CCCC(=O)OC(=O)CCCc1ccccc1N(CCC)C(=O)c1cccc(C(F)(F)F)c1. The lowest BCUT2D eigenvalue weighted by atomic mass is 10.0. The predicted molar refractivity (Wildman–Crippen MR) is 213 cm³/mol. The first kappa shape index (κ1) is 42.8. The zero-order valence-electron chi connectivity index (χ0n) is 31.9. The Morgan fingerprint density at radius 1 is 0.655 bits per heavy atom. The third-order valence-corrected chi connectivity index (χ3v) is 9.89. The lowest BCUT2D eigenvalue weighted by Crippen LogP contribution is -2.33. The van der Waals surface area contributed by atoms with Gasteiger partial charge in [0, 0.05) is 53.3 Å². The summed E-state index contributed by atoms with van der Waals surface area (Å²) >= 11 is 1.61. The van der Waals surface area contributed by atoms with Gasteiger partial charge >= 0.3 is 18.1 Å². The van der Waals surface area contributed by atoms with Gasteiger partial charge in [-0.3, -0.25) is 19.2 Å². The number of ether oxygens (including phenoxy) is 1. The molecule has 0 aliphatic heterocycles. The van der Waals surface area contributed by atoms with Gasteiger partial charge in [0.2, 0.25) is 0 Å². The van der Waals surface area contributed by atoms with Crippen LogP contribution in [0.2, 0.25) is 0 Å². The minimum absolute atomic E-state index is 0.0184. The summed E-state index contributed by atoms with van der Waals surface area (Å²) in [6.07, 6.45) is 1.34. The molecular weight excluding hydrogens is 726 g/mol. The predicted octanol–water partition coefficient (Wildman–Crippen LogP) is 10.7. The lowest BCUT2D eigenvalue weighted by Gasteiger charge is -2.26. The summed E-state index contributed by atoms with van der Waals surface area (Å²) in [4.78, 5) is 57.0. The average Bonchev–Trinajstić information content (AvgIpc) is 3.17. The lowest BCUT2D eigenvalue weighted by molar-refractivity contribution is -0.159. The maximum atomic E-state index is 13.8. The van der Waals surface area contributed by atoms with Gasteiger partial charge in [0.1, 0.15) is 0 Å². The highest BCUT2D eigenvalue weighted by molar-refractivity contribution is 7.98. The second-order valence-corrected chi connectivity index (χ2v) is 14.3. The average molecular weight is 775 g/mol. The quantitative estimate of drug-likeness (QED) is 0.0569. The first-order valence-corrected chi connectivity index (χ1v) is 19.9. The molecule has 4 rings (SSSR count). The van der Waals surface area contributed by atoms with Crippen molar-refractivity contribution in [1.29, 1.82) is 0 Å². The second-order valence-electron chi connectivity index (χ2n) is 13.4. The van der Waals surface area contributed by atoms with Crippen LogP contribution in [-0.4, -0.2) is 43.1 Å². The van der Waals surface area contributed by atoms with Gasteiger partial charge in [-0.15, -0.1) is 11.8 Å². The van der Waals surface area contributed by atoms with Gasteiger partial charge in [-0.25, -0.2) is 0 Å². The van der Waals surface area contributed by atoms with Crippen molar-refractivity contribution in [2.24, 2.45) is 0 Å². The third-order valence-electron chi connectivity index (χ3n) is 9.14. The molecule has 0 N–H and O–H groups in total. The number of carbonyl (C=O) groups excluding carboxylic acids is 4. The molecule has 7 nitrogen and oxygen atoms in total. The molecule has 55 heavy (non-hydrogen) atoms. The summed E-state index contributed by atoms with van der Waals surface area (Å²) in [6, 6.07) is 25.0. The van der Waals surface area contributed by atoms with Crippen molar-refractivity contribution in [3.05, 3.63) is 124 Å². The normalized spacial score (nSPS) is 11.3. The van der Waals surface area contributed by atoms with Gasteiger partial charge in [-0.2, -0.15) is 13.2 Å². The van der Waals surface area contributed by atoms with Crippen LogP contribution in [0.1, 0.15) is 102 Å². The molecule has 0 aliphatic carbocycles. The highest BCUT2D eigenvalue weighted by atomic mass is 32.2. The molecule has 0 heterocycles. The minimum Gasteiger partial charge on any atom is -0.393 e. The number of aryl methyl sites for hydroxylation is 3. The van der Waals surface area contributed by atoms with Crippen molar-refractivity contribution in [3.8, 4) is 0 Å². The van der Waals surface area contributed by atoms with Crippen LogP contribution in [0, 0.1) is 6.92 Å². The number of rotatable bonds is 18. The standard InChI is InChI=1S/C44H49F3N2O5S/c1-5-7-28-49(42(52)34-23-25-37(55-4)26-24-34)39-29-31(3)21-22-33(39)15-12-20-41(51)54-40(50)19-11-14-32-13-8-9-18-38(32)48(27-6-2)43(53)35-16-10-17-36(30-35)44(45,46)47/h8-10,13,16-18,21-26,29-30H,5-7,11-12,14-15,19-20,27-28H2,1-4H3. The Bertz CT molecular complexity index is 1930. The van der Waals surface area contributed by atoms with E-state index in [1.54, 1.807) is 30.0 Å². The zero-order valence-corrected chi connectivity index (χ0v) is 32.7. The van der Waals surface area contributed by atoms with Crippen molar-refractivity contribution >= 4 is 46.9 Å². The van der Waals surface area contributed by atoms with Crippen LogP contribution in [-0.2, 0) is 33.3 Å². The number of thioether (sulfide) groups is 1. The molecule has 0 aliphatic rings. The number of nitrogens with zero attached hydrogens (tertiary/aromatic N) is 2. The number of carbonyl (C=O) groups is 4. The van der Waals surface area contributed by atoms with E-state index in [1.165, 1.54) is 17.0 Å². The van der Waals surface area contributed by atoms with Crippen molar-refractivity contribution in [1.82, 2.24) is 0 Å². The van der Waals surface area contributed by atoms with Crippen LogP contribution in [0.5, 0.6) is 0 Å². The fourth-order valence-corrected chi connectivity index (χ4v) is 6.68. The van der Waals surface area contributed by atoms with Crippen molar-refractivity contribution in [2.75, 3.05) is 29.1 Å². The van der Waals surface area contributed by atoms with Gasteiger partial charge < -0.3 is 14.5 Å². The van der Waals surface area contributed by atoms with Gasteiger partial charge in [0.25, 0.3) is 11.8 Å². The Morgan fingerprint density at radius 2 is 1.27 bits per heavy atom. The summed E-state index contributed by atoms with van der Waals surface area (Å²) < 4.78 is 45.2. The maximum Gasteiger partial charge on any atom is 0.416 e. The van der Waals surface area contributed by atoms with E-state index in [4.69, 9.17) is 4.74 Å². The van der Waals surface area contributed by atoms with Crippen molar-refractivity contribution < 1.29 is 37.1 Å². The van der Waals surface area contributed by atoms with E-state index in [1.807, 2.05) is 73.5 Å². The number of anilines is 2. The molecule has 0 radical (unpaired) electrons. The number of halogens is 3. The summed E-state index contributed by atoms with van der Waals surface area (Å²) in [5.41, 5.74) is 3.68. The van der Waals surface area contributed by atoms with E-state index >= 15 is 0 Å². The molecule has 0 bridgehead atoms. The zero-order chi connectivity index (χ0) is 40.0. The smallest absolute Gasteiger partial charge is 0.393 e. The number of hydrogen-bond donors (Lipinski definition) is 0. The number of hydrogen-bond acceptors (Lipinski definition) is 6. The highest BCUT2D eigenvalue weighted by Gasteiger charge is 2.31. The Morgan fingerprint density at radius 3 is 1.89 bits per heavy atom. The summed E-state index contributed by atoms with van der Waals surface area (Å²) in [7, 11) is 0. The van der Waals surface area contributed by atoms with Crippen LogP contribution in [0.4, 0.5) is 24.5 Å². The number of amides is 2. The van der Waals surface area contributed by atoms with Crippen molar-refractivity contribution in [3.63, 3.8) is 0 Å². The Hall–Kier alpha value is -4.90. The van der Waals surface area contributed by atoms with Crippen LogP contribution in [0.25, 0.3) is 0 Å². The monoisotopic (exact) mass is 774 g/mol. The molecule has 2 amide bonds. The number of esters is 2. The van der Waals surface area contributed by atoms with E-state index in [0.717, 1.165) is 52.2 Å². The molecule has 0 saturated heterocycles. The van der Waals surface area contributed by atoms with Gasteiger partial charge in [0.15, 0.2) is 0 Å². The largest absolute Gasteiger partial charge is 0.416 e. The number of benzene rings is 4. The molecule has 0 spiro atoms. The molecule has 4 aromatic carbocycles. The molecule has 0 aromatic heterocycles. The molecule has 292 valence electrons. The number of para-hydroxylation sites is 1. The van der Waals surface area contributed by atoms with Gasteiger partial charge in [-0.05, 0) is 123 Å². The van der Waals surface area contributed by atoms with Crippen LogP contribution in [0.15, 0.2) is 95.9 Å². The van der Waals surface area contributed by atoms with Gasteiger partial charge in [0.05, 0.1) is 5.56 Å². The Labute approximate surface area is 326 Å². The minimum atomic E-state index is -4.58. The Balaban J connectivity index is 1.34. The van der Waals surface area contributed by atoms with E-state index in [9.17, 15) is 32.3 Å². The summed E-state index contributed by atoms with van der Waals surface area (Å²) in [5.74, 6) is -1.93. The maximum absolute atomic E-state index is 13.8. The van der Waals surface area contributed by atoms with Crippen LogP contribution >= 0.6 is 11.8 Å². The fourth-order valence-electron chi connectivity index (χ4n) is 6.27. The van der Waals surface area contributed by atoms with Crippen molar-refractivity contribution in [2.45, 2.75) is 89.6 Å². The molecule has 0 saturated carbocycles. The van der Waals surface area contributed by atoms with Crippen LogP contribution < -0.4 is 9.80 Å². The van der Waals surface area contributed by atoms with Crippen LogP contribution in [0.3, 0.4) is 0 Å². The van der Waals surface area contributed by atoms with E-state index in [2.05, 4.69) is 6.92 Å². The first-order valence-electron chi connectivity index (χ1n) is 18.7. The number of unbranched alkanes of at least 4 members (excludes halogenated alkanes) is 1. The summed E-state index contributed by atoms with van der Waals surface area (Å²) in [5, 5.41) is 0. The molecule has 4 aromatic rings. The summed E-state index contributed by atoms with van der Waals surface area (Å²) in [6.45, 7) is 6.77. The van der Waals surface area contributed by atoms with E-state index < -0.39 is 29.6 Å². The molecule has 0 unspecified atom stereocenters. The molecule has 11 heteroatoms. The fraction of sp³-hybridized carbons (Fsp3) is 0.364. The Kier molecular flexibility index (Phi) is 16.1. The number of alkyl halides is 3. The van der Waals surface area contributed by atoms with E-state index in [-0.39, 0.29) is 30.9 Å². The molecule has 0 fully saturated rings. The van der Waals surface area contributed by atoms with Gasteiger partial charge in [-0.1, -0.05) is 56.7 Å². The molecular formula is C44H49F3N2O5S.